The predicted molar refractivity (Wildman–Crippen MR) is 83.1 cm³/mol. The van der Waals surface area contributed by atoms with E-state index in [0.717, 1.165) is 0 Å². The molecule has 0 bridgehead atoms. The molecule has 2 aromatic rings. The second-order valence-electron chi connectivity index (χ2n) is 5.39. The maximum atomic E-state index is 9.55. The Labute approximate surface area is 141 Å². The molecule has 2 fully saturated rings. The van der Waals surface area contributed by atoms with E-state index < -0.39 is 31.0 Å². The summed E-state index contributed by atoms with van der Waals surface area (Å²) in [7, 11) is 1.49. The first-order valence-electron chi connectivity index (χ1n) is 7.30. The van der Waals surface area contributed by atoms with Crippen molar-refractivity contribution in [3.8, 4) is 0 Å². The number of imidazole rings is 1. The number of aromatic nitrogens is 4. The van der Waals surface area contributed by atoms with E-state index in [1.807, 2.05) is 6.26 Å². The van der Waals surface area contributed by atoms with Gasteiger partial charge in [-0.3, -0.25) is 4.57 Å². The van der Waals surface area contributed by atoms with Crippen molar-refractivity contribution in [1.82, 2.24) is 19.5 Å². The first kappa shape index (κ1) is 16.0. The molecule has 2 saturated heterocycles. The van der Waals surface area contributed by atoms with Gasteiger partial charge >= 0.3 is 0 Å². The minimum atomic E-state index is -0.795. The second kappa shape index (κ2) is 6.10. The first-order chi connectivity index (χ1) is 11.7. The molecule has 0 saturated carbocycles. The van der Waals surface area contributed by atoms with Crippen molar-refractivity contribution in [1.29, 1.82) is 0 Å². The third-order valence-corrected chi connectivity index (χ3v) is 4.63. The molecule has 24 heavy (non-hydrogen) atoms. The summed E-state index contributed by atoms with van der Waals surface area (Å²) in [4.78, 5) is 12.9. The number of nitrogen functional groups attached to an aromatic ring is 1. The summed E-state index contributed by atoms with van der Waals surface area (Å²) in [5.41, 5.74) is 6.98. The third kappa shape index (κ3) is 2.36. The van der Waals surface area contributed by atoms with Crippen molar-refractivity contribution in [3.05, 3.63) is 6.33 Å². The van der Waals surface area contributed by atoms with Crippen LogP contribution in [0.5, 0.6) is 0 Å². The lowest BCUT2D eigenvalue weighted by Crippen LogP contribution is -2.31. The van der Waals surface area contributed by atoms with Crippen molar-refractivity contribution in [3.63, 3.8) is 0 Å². The Hall–Kier alpha value is -1.50. The molecular formula is C13H17N5O5S. The highest BCUT2D eigenvalue weighted by Gasteiger charge is 2.53. The number of methoxy groups -OCH3 is 1. The van der Waals surface area contributed by atoms with Gasteiger partial charge in [-0.25, -0.2) is 15.0 Å². The normalized spacial score (nSPS) is 32.5. The minimum Gasteiger partial charge on any atom is -0.394 e. The number of ether oxygens (including phenoxy) is 4. The van der Waals surface area contributed by atoms with Gasteiger partial charge in [0.05, 0.1) is 12.9 Å². The number of fused-ring (bicyclic) bond motifs is 2. The van der Waals surface area contributed by atoms with E-state index in [4.69, 9.17) is 24.7 Å². The van der Waals surface area contributed by atoms with Crippen molar-refractivity contribution >= 4 is 28.7 Å². The van der Waals surface area contributed by atoms with Crippen LogP contribution < -0.4 is 5.73 Å². The van der Waals surface area contributed by atoms with Crippen LogP contribution >= 0.6 is 11.8 Å². The van der Waals surface area contributed by atoms with E-state index in [0.29, 0.717) is 22.1 Å². The number of hydrogen-bond acceptors (Lipinski definition) is 10. The monoisotopic (exact) mass is 355 g/mol. The molecule has 2 aromatic heterocycles. The minimum absolute atomic E-state index is 0.197. The highest BCUT2D eigenvalue weighted by atomic mass is 32.2. The van der Waals surface area contributed by atoms with Crippen LogP contribution in [0.4, 0.5) is 5.82 Å². The van der Waals surface area contributed by atoms with Gasteiger partial charge in [0.15, 0.2) is 22.8 Å². The van der Waals surface area contributed by atoms with Crippen LogP contribution in [0, 0.1) is 0 Å². The molecule has 1 unspecified atom stereocenters. The summed E-state index contributed by atoms with van der Waals surface area (Å²) in [6, 6.07) is 0. The molecule has 10 nitrogen and oxygen atoms in total. The molecule has 2 aliphatic heterocycles. The zero-order valence-electron chi connectivity index (χ0n) is 13.0. The highest BCUT2D eigenvalue weighted by molar-refractivity contribution is 7.98. The van der Waals surface area contributed by atoms with E-state index >= 15 is 0 Å². The van der Waals surface area contributed by atoms with Gasteiger partial charge in [-0.2, -0.15) is 0 Å². The lowest BCUT2D eigenvalue weighted by molar-refractivity contribution is -0.256. The van der Waals surface area contributed by atoms with Crippen LogP contribution in [0.3, 0.4) is 0 Å². The van der Waals surface area contributed by atoms with E-state index in [1.54, 1.807) is 10.9 Å². The average Bonchev–Trinajstić information content (AvgIpc) is 3.27. The quantitative estimate of drug-likeness (QED) is 0.559. The number of hydrogen-bond donors (Lipinski definition) is 2. The summed E-state index contributed by atoms with van der Waals surface area (Å²) < 4.78 is 24.1. The fourth-order valence-corrected chi connectivity index (χ4v) is 3.35. The Morgan fingerprint density at radius 1 is 1.33 bits per heavy atom. The average molecular weight is 355 g/mol. The van der Waals surface area contributed by atoms with Gasteiger partial charge in [0.1, 0.15) is 23.8 Å². The molecule has 4 rings (SSSR count). The number of nitrogens with zero attached hydrogens (tertiary/aromatic N) is 4. The first-order valence-corrected chi connectivity index (χ1v) is 8.52. The van der Waals surface area contributed by atoms with Gasteiger partial charge in [-0.1, -0.05) is 11.8 Å². The van der Waals surface area contributed by atoms with Gasteiger partial charge < -0.3 is 29.8 Å². The van der Waals surface area contributed by atoms with Gasteiger partial charge in [-0.15, -0.1) is 0 Å². The van der Waals surface area contributed by atoms with Crippen LogP contribution in [0.1, 0.15) is 6.23 Å². The molecular weight excluding hydrogens is 338 g/mol. The fraction of sp³-hybridized carbons (Fsp3) is 0.615. The Morgan fingerprint density at radius 2 is 2.12 bits per heavy atom. The van der Waals surface area contributed by atoms with E-state index in [2.05, 4.69) is 15.0 Å². The number of thioether (sulfide) groups is 1. The molecule has 0 aromatic carbocycles. The van der Waals surface area contributed by atoms with Gasteiger partial charge in [0, 0.05) is 7.11 Å². The van der Waals surface area contributed by atoms with Crippen molar-refractivity contribution in [2.75, 3.05) is 25.7 Å². The number of anilines is 1. The van der Waals surface area contributed by atoms with Crippen LogP contribution in [0.2, 0.25) is 0 Å². The number of rotatable bonds is 4. The van der Waals surface area contributed by atoms with Crippen molar-refractivity contribution < 1.29 is 24.1 Å². The van der Waals surface area contributed by atoms with Crippen LogP contribution in [-0.2, 0) is 18.9 Å². The topological polar surface area (TPSA) is 127 Å². The Morgan fingerprint density at radius 3 is 2.83 bits per heavy atom. The predicted octanol–water partition coefficient (Wildman–Crippen LogP) is -0.266. The molecule has 3 N–H and O–H groups in total. The molecule has 2 aliphatic rings. The van der Waals surface area contributed by atoms with Gasteiger partial charge in [0.2, 0.25) is 0 Å². The van der Waals surface area contributed by atoms with Crippen LogP contribution in [0.15, 0.2) is 11.5 Å². The summed E-state index contributed by atoms with van der Waals surface area (Å²) in [6.07, 6.45) is 1.44. The maximum absolute atomic E-state index is 9.55. The third-order valence-electron chi connectivity index (χ3n) is 4.08. The smallest absolute Gasteiger partial charge is 0.272 e. The SMILES string of the molecule is COC1O[C@@H]2[C@H](O1)[C@@H](CO)O[C@H]2n1cnc2c(N)nc(SC)nc21. The summed E-state index contributed by atoms with van der Waals surface area (Å²) >= 11 is 1.38. The number of nitrogens with two attached hydrogens (primary N) is 1. The Bertz CT molecular complexity index is 758. The summed E-state index contributed by atoms with van der Waals surface area (Å²) in [5.74, 6) is 0.301. The molecule has 0 spiro atoms. The van der Waals surface area contributed by atoms with Crippen molar-refractivity contribution in [2.24, 2.45) is 0 Å². The molecule has 0 amide bonds. The Balaban J connectivity index is 1.75. The molecule has 130 valence electrons. The zero-order chi connectivity index (χ0) is 16.8. The zero-order valence-corrected chi connectivity index (χ0v) is 13.8. The highest BCUT2D eigenvalue weighted by Crippen LogP contribution is 2.40. The van der Waals surface area contributed by atoms with Crippen molar-refractivity contribution in [2.45, 2.75) is 36.2 Å². The molecule has 5 atom stereocenters. The lowest BCUT2D eigenvalue weighted by atomic mass is 10.1. The van der Waals surface area contributed by atoms with E-state index in [-0.39, 0.29) is 6.61 Å². The summed E-state index contributed by atoms with van der Waals surface area (Å²) in [5, 5.41) is 10.1. The lowest BCUT2D eigenvalue weighted by Gasteiger charge is -2.19. The van der Waals surface area contributed by atoms with E-state index in [1.165, 1.54) is 18.9 Å². The molecule has 0 radical (unpaired) electrons. The fourth-order valence-electron chi connectivity index (χ4n) is 2.98. The largest absolute Gasteiger partial charge is 0.394 e. The van der Waals surface area contributed by atoms with E-state index in [9.17, 15) is 5.11 Å². The van der Waals surface area contributed by atoms with Gasteiger partial charge in [0.25, 0.3) is 6.48 Å². The molecule has 11 heteroatoms. The van der Waals surface area contributed by atoms with Crippen LogP contribution in [-0.4, -0.2) is 69.4 Å². The summed E-state index contributed by atoms with van der Waals surface area (Å²) in [6.45, 7) is -0.992. The molecule has 4 heterocycles. The number of aliphatic hydroxyl groups is 1. The Kier molecular flexibility index (Phi) is 4.06. The maximum Gasteiger partial charge on any atom is 0.272 e. The number of aliphatic hydroxyl groups excluding tert-OH is 1. The van der Waals surface area contributed by atoms with Gasteiger partial charge in [-0.05, 0) is 6.26 Å². The second-order valence-corrected chi connectivity index (χ2v) is 6.17. The molecule has 0 aliphatic carbocycles. The van der Waals surface area contributed by atoms with Crippen LogP contribution in [0.25, 0.3) is 11.2 Å². The standard InChI is InChI=1S/C13H17N5O5S/c1-20-13-22-7-5(3-19)21-11(8(7)23-13)18-4-15-6-9(14)16-12(24-2)17-10(6)18/h4-5,7-8,11,13,19H,3H2,1-2H3,(H2,14,16,17)/t5-,7-,8-,11-,13?/m1/s1.